The molecule has 2 heterocycles. The number of likely N-dealkylation sites (tertiary alicyclic amines) is 1. The van der Waals surface area contributed by atoms with Gasteiger partial charge in [-0.05, 0) is 55.5 Å². The molecule has 1 unspecified atom stereocenters. The number of carbonyl (C=O) groups excluding carboxylic acids is 1. The lowest BCUT2D eigenvalue weighted by atomic mass is 9.85. The molecule has 1 N–H and O–H groups in total. The van der Waals surface area contributed by atoms with Crippen molar-refractivity contribution in [3.05, 3.63) is 21.9 Å². The second kappa shape index (κ2) is 5.56. The summed E-state index contributed by atoms with van der Waals surface area (Å²) >= 11 is 1.71. The molecule has 5 heteroatoms. The van der Waals surface area contributed by atoms with Crippen LogP contribution in [0.2, 0.25) is 0 Å². The summed E-state index contributed by atoms with van der Waals surface area (Å²) in [5, 5.41) is 11.4. The number of carboxylic acids is 1. The van der Waals surface area contributed by atoms with Gasteiger partial charge in [0, 0.05) is 11.4 Å². The molecule has 3 rings (SSSR count). The first-order valence-electron chi connectivity index (χ1n) is 7.28. The van der Waals surface area contributed by atoms with E-state index in [0.29, 0.717) is 13.0 Å². The lowest BCUT2D eigenvalue weighted by molar-refractivity contribution is -0.152. The Balaban J connectivity index is 1.84. The van der Waals surface area contributed by atoms with Crippen LogP contribution in [0.1, 0.15) is 48.5 Å². The summed E-state index contributed by atoms with van der Waals surface area (Å²) < 4.78 is 0. The number of amides is 1. The average Bonchev–Trinajstić information content (AvgIpc) is 2.94. The lowest BCUT2D eigenvalue weighted by Gasteiger charge is -2.36. The molecule has 4 nitrogen and oxygen atoms in total. The number of aliphatic carboxylic acids is 1. The second-order valence-electron chi connectivity index (χ2n) is 5.63. The minimum absolute atomic E-state index is 0.0245. The highest BCUT2D eigenvalue weighted by Gasteiger charge is 2.37. The molecule has 1 aliphatic heterocycles. The fraction of sp³-hybridized carbons (Fsp3) is 0.600. The summed E-state index contributed by atoms with van der Waals surface area (Å²) in [6, 6.07) is 1.42. The molecule has 1 amide bonds. The zero-order chi connectivity index (χ0) is 14.1. The summed E-state index contributed by atoms with van der Waals surface area (Å²) in [6.07, 6.45) is 5.33. The van der Waals surface area contributed by atoms with Crippen molar-refractivity contribution in [1.29, 1.82) is 0 Å². The van der Waals surface area contributed by atoms with Crippen molar-refractivity contribution in [1.82, 2.24) is 4.90 Å². The number of fused-ring (bicyclic) bond motifs is 1. The van der Waals surface area contributed by atoms with Crippen LogP contribution >= 0.6 is 11.3 Å². The predicted molar refractivity (Wildman–Crippen MR) is 77.0 cm³/mol. The van der Waals surface area contributed by atoms with E-state index in [1.807, 2.05) is 11.4 Å². The minimum atomic E-state index is -0.862. The van der Waals surface area contributed by atoms with E-state index in [1.54, 1.807) is 16.2 Å². The van der Waals surface area contributed by atoms with Crippen molar-refractivity contribution in [3.63, 3.8) is 0 Å². The molecule has 1 aliphatic carbocycles. The molecule has 0 radical (unpaired) electrons. The molecule has 0 spiro atoms. The zero-order valence-corrected chi connectivity index (χ0v) is 12.2. The van der Waals surface area contributed by atoms with E-state index in [4.69, 9.17) is 0 Å². The number of carboxylic acid groups (broad SMARTS) is 1. The maximum absolute atomic E-state index is 12.8. The van der Waals surface area contributed by atoms with Gasteiger partial charge in [-0.25, -0.2) is 4.79 Å². The van der Waals surface area contributed by atoms with Gasteiger partial charge in [-0.2, -0.15) is 0 Å². The highest BCUT2D eigenvalue weighted by atomic mass is 32.1. The molecule has 0 saturated carbocycles. The molecule has 1 aromatic rings. The average molecular weight is 293 g/mol. The van der Waals surface area contributed by atoms with Gasteiger partial charge >= 0.3 is 5.97 Å². The van der Waals surface area contributed by atoms with Gasteiger partial charge in [-0.15, -0.1) is 11.3 Å². The Labute approximate surface area is 122 Å². The second-order valence-corrected chi connectivity index (χ2v) is 6.63. The Morgan fingerprint density at radius 1 is 1.25 bits per heavy atom. The van der Waals surface area contributed by atoms with Crippen LogP contribution in [-0.4, -0.2) is 34.5 Å². The van der Waals surface area contributed by atoms with Crippen LogP contribution in [0.4, 0.5) is 0 Å². The van der Waals surface area contributed by atoms with E-state index in [2.05, 4.69) is 0 Å². The summed E-state index contributed by atoms with van der Waals surface area (Å²) in [4.78, 5) is 27.1. The SMILES string of the molecule is O=C(O)[C@@H]1CCCCN1C(=O)C1CCCc2sccc21. The normalized spacial score (nSPS) is 26.1. The Hall–Kier alpha value is -1.36. The van der Waals surface area contributed by atoms with Crippen molar-refractivity contribution in [3.8, 4) is 0 Å². The van der Waals surface area contributed by atoms with Crippen molar-refractivity contribution in [2.75, 3.05) is 6.54 Å². The topological polar surface area (TPSA) is 57.6 Å². The Kier molecular flexibility index (Phi) is 3.78. The number of nitrogens with zero attached hydrogens (tertiary/aromatic N) is 1. The lowest BCUT2D eigenvalue weighted by Crippen LogP contribution is -2.49. The molecule has 0 aromatic carbocycles. The highest BCUT2D eigenvalue weighted by Crippen LogP contribution is 2.37. The molecular weight excluding hydrogens is 274 g/mol. The molecule has 20 heavy (non-hydrogen) atoms. The van der Waals surface area contributed by atoms with Crippen molar-refractivity contribution in [2.45, 2.75) is 50.5 Å². The standard InChI is InChI=1S/C15H19NO3S/c17-14(16-8-2-1-5-12(16)15(18)19)11-4-3-6-13-10(11)7-9-20-13/h7,9,11-12H,1-6,8H2,(H,18,19)/t11?,12-/m0/s1. The zero-order valence-electron chi connectivity index (χ0n) is 11.4. The maximum Gasteiger partial charge on any atom is 0.326 e. The monoisotopic (exact) mass is 293 g/mol. The largest absolute Gasteiger partial charge is 0.480 e. The van der Waals surface area contributed by atoms with Gasteiger partial charge in [0.25, 0.3) is 0 Å². The molecule has 0 bridgehead atoms. The third kappa shape index (κ3) is 2.35. The smallest absolute Gasteiger partial charge is 0.326 e. The molecule has 1 fully saturated rings. The van der Waals surface area contributed by atoms with Crippen molar-refractivity contribution < 1.29 is 14.7 Å². The van der Waals surface area contributed by atoms with Gasteiger partial charge in [-0.1, -0.05) is 0 Å². The highest BCUT2D eigenvalue weighted by molar-refractivity contribution is 7.10. The number of hydrogen-bond donors (Lipinski definition) is 1. The summed E-state index contributed by atoms with van der Waals surface area (Å²) in [7, 11) is 0. The molecular formula is C15H19NO3S. The number of carbonyl (C=O) groups is 2. The summed E-state index contributed by atoms with van der Waals surface area (Å²) in [5.41, 5.74) is 1.14. The predicted octanol–water partition coefficient (Wildman–Crippen LogP) is 2.63. The van der Waals surface area contributed by atoms with E-state index in [0.717, 1.165) is 37.7 Å². The van der Waals surface area contributed by atoms with Gasteiger partial charge in [-0.3, -0.25) is 4.79 Å². The van der Waals surface area contributed by atoms with Gasteiger partial charge in [0.2, 0.25) is 5.91 Å². The molecule has 2 aliphatic rings. The molecule has 1 saturated heterocycles. The Bertz CT molecular complexity index is 525. The van der Waals surface area contributed by atoms with Crippen LogP contribution in [0.15, 0.2) is 11.4 Å². The Morgan fingerprint density at radius 2 is 2.10 bits per heavy atom. The van der Waals surface area contributed by atoms with E-state index in [-0.39, 0.29) is 11.8 Å². The van der Waals surface area contributed by atoms with Crippen LogP contribution in [0.5, 0.6) is 0 Å². The fourth-order valence-corrected chi connectivity index (χ4v) is 4.38. The van der Waals surface area contributed by atoms with E-state index >= 15 is 0 Å². The first-order chi connectivity index (χ1) is 9.68. The first kappa shape index (κ1) is 13.6. The van der Waals surface area contributed by atoms with Crippen molar-refractivity contribution >= 4 is 23.2 Å². The van der Waals surface area contributed by atoms with E-state index < -0.39 is 12.0 Å². The summed E-state index contributed by atoms with van der Waals surface area (Å²) in [5.74, 6) is -0.958. The third-order valence-corrected chi connectivity index (χ3v) is 5.42. The minimum Gasteiger partial charge on any atom is -0.480 e. The Morgan fingerprint density at radius 3 is 2.90 bits per heavy atom. The number of aryl methyl sites for hydroxylation is 1. The van der Waals surface area contributed by atoms with Crippen LogP contribution < -0.4 is 0 Å². The van der Waals surface area contributed by atoms with Gasteiger partial charge in [0.15, 0.2) is 0 Å². The van der Waals surface area contributed by atoms with Crippen LogP contribution in [-0.2, 0) is 16.0 Å². The molecule has 2 atom stereocenters. The fourth-order valence-electron chi connectivity index (χ4n) is 3.40. The van der Waals surface area contributed by atoms with Gasteiger partial charge in [0.05, 0.1) is 5.92 Å². The number of piperidine rings is 1. The van der Waals surface area contributed by atoms with Crippen LogP contribution in [0.3, 0.4) is 0 Å². The number of thiophene rings is 1. The van der Waals surface area contributed by atoms with Gasteiger partial charge < -0.3 is 10.0 Å². The van der Waals surface area contributed by atoms with Crippen molar-refractivity contribution in [2.24, 2.45) is 0 Å². The number of rotatable bonds is 2. The third-order valence-electron chi connectivity index (χ3n) is 4.42. The van der Waals surface area contributed by atoms with Crippen LogP contribution in [0, 0.1) is 0 Å². The first-order valence-corrected chi connectivity index (χ1v) is 8.16. The maximum atomic E-state index is 12.8. The molecule has 108 valence electrons. The number of hydrogen-bond acceptors (Lipinski definition) is 3. The summed E-state index contributed by atoms with van der Waals surface area (Å²) in [6.45, 7) is 0.589. The van der Waals surface area contributed by atoms with Gasteiger partial charge in [0.1, 0.15) is 6.04 Å². The molecule has 1 aromatic heterocycles. The van der Waals surface area contributed by atoms with E-state index in [9.17, 15) is 14.7 Å². The quantitative estimate of drug-likeness (QED) is 0.912. The van der Waals surface area contributed by atoms with Crippen LogP contribution in [0.25, 0.3) is 0 Å². The van der Waals surface area contributed by atoms with E-state index in [1.165, 1.54) is 4.88 Å².